The van der Waals surface area contributed by atoms with Crippen molar-refractivity contribution in [2.24, 2.45) is 10.7 Å². The average Bonchev–Trinajstić information content (AvgIpc) is 2.93. The number of aromatic nitrogens is 1. The molecular weight excluding hydrogens is 296 g/mol. The van der Waals surface area contributed by atoms with Gasteiger partial charge in [-0.15, -0.1) is 0 Å². The molecule has 0 aliphatic carbocycles. The Kier molecular flexibility index (Phi) is 3.98. The molecule has 6 heteroatoms. The van der Waals surface area contributed by atoms with Crippen molar-refractivity contribution >= 4 is 33.9 Å². The maximum Gasteiger partial charge on any atom is 0.158 e. The molecule has 1 aromatic carbocycles. The molecule has 0 saturated heterocycles. The molecule has 0 radical (unpaired) electrons. The van der Waals surface area contributed by atoms with Crippen LogP contribution in [0.4, 0.5) is 0 Å². The molecule has 0 spiro atoms. The van der Waals surface area contributed by atoms with Crippen LogP contribution in [0.1, 0.15) is 18.1 Å². The van der Waals surface area contributed by atoms with Crippen LogP contribution >= 0.6 is 11.8 Å². The van der Waals surface area contributed by atoms with Gasteiger partial charge in [-0.25, -0.2) is 0 Å². The predicted octanol–water partition coefficient (Wildman–Crippen LogP) is 2.91. The summed E-state index contributed by atoms with van der Waals surface area (Å²) in [4.78, 5) is 9.56. The zero-order valence-corrected chi connectivity index (χ0v) is 12.9. The Balaban J connectivity index is 2.08. The fraction of sp³-hybridized carbons (Fsp3) is 0.188. The number of rotatable bonds is 3. The van der Waals surface area contributed by atoms with Crippen LogP contribution in [0.3, 0.4) is 0 Å². The van der Waals surface area contributed by atoms with Crippen molar-refractivity contribution in [1.29, 1.82) is 5.26 Å². The van der Waals surface area contributed by atoms with Gasteiger partial charge in [-0.3, -0.25) is 9.98 Å². The highest BCUT2D eigenvalue weighted by atomic mass is 32.2. The lowest BCUT2D eigenvalue weighted by Crippen LogP contribution is -2.00. The van der Waals surface area contributed by atoms with E-state index in [0.717, 1.165) is 21.4 Å². The lowest BCUT2D eigenvalue weighted by Gasteiger charge is -2.09. The highest BCUT2D eigenvalue weighted by molar-refractivity contribution is 8.17. The van der Waals surface area contributed by atoms with Crippen molar-refractivity contribution in [3.63, 3.8) is 0 Å². The zero-order valence-electron chi connectivity index (χ0n) is 12.0. The molecule has 0 amide bonds. The number of amidine groups is 1. The first kappa shape index (κ1) is 14.4. The van der Waals surface area contributed by atoms with Gasteiger partial charge in [0.25, 0.3) is 0 Å². The van der Waals surface area contributed by atoms with E-state index in [1.54, 1.807) is 6.20 Å². The van der Waals surface area contributed by atoms with Gasteiger partial charge in [-0.05, 0) is 30.7 Å². The van der Waals surface area contributed by atoms with Gasteiger partial charge in [-0.1, -0.05) is 17.8 Å². The van der Waals surface area contributed by atoms with E-state index in [1.165, 1.54) is 11.8 Å². The monoisotopic (exact) mass is 310 g/mol. The number of hydrogen-bond donors (Lipinski definition) is 1. The summed E-state index contributed by atoms with van der Waals surface area (Å²) in [6, 6.07) is 8.02. The maximum absolute atomic E-state index is 9.22. The van der Waals surface area contributed by atoms with Crippen LogP contribution in [0.5, 0.6) is 5.75 Å². The van der Waals surface area contributed by atoms with E-state index in [0.29, 0.717) is 29.6 Å². The summed E-state index contributed by atoms with van der Waals surface area (Å²) < 4.78 is 5.65. The Morgan fingerprint density at radius 3 is 3.05 bits per heavy atom. The minimum atomic E-state index is 0.446. The summed E-state index contributed by atoms with van der Waals surface area (Å²) in [7, 11) is 0. The van der Waals surface area contributed by atoms with Crippen molar-refractivity contribution in [3.05, 3.63) is 40.4 Å². The first-order valence-electron chi connectivity index (χ1n) is 6.85. The normalized spacial score (nSPS) is 15.8. The predicted molar refractivity (Wildman–Crippen MR) is 89.7 cm³/mol. The van der Waals surface area contributed by atoms with Gasteiger partial charge >= 0.3 is 0 Å². The minimum absolute atomic E-state index is 0.446. The molecule has 3 rings (SSSR count). The van der Waals surface area contributed by atoms with E-state index in [4.69, 9.17) is 10.5 Å². The first-order valence-corrected chi connectivity index (χ1v) is 7.67. The quantitative estimate of drug-likeness (QED) is 0.942. The summed E-state index contributed by atoms with van der Waals surface area (Å²) >= 11 is 1.48. The Labute approximate surface area is 132 Å². The molecule has 0 unspecified atom stereocenters. The fourth-order valence-electron chi connectivity index (χ4n) is 2.27. The molecule has 0 fully saturated rings. The Hall–Kier alpha value is -2.52. The van der Waals surface area contributed by atoms with Crippen LogP contribution in [-0.4, -0.2) is 23.3 Å². The molecule has 2 N–H and O–H groups in total. The standard InChI is InChI=1S/C16H14N4OS/c1-2-21-15-11(7-17)8-19-14-4-3-10(6-13(14)15)5-12-9-20-16(18)22-12/h3-6,8H,2,9H2,1H3,(H2,18,20)/b12-5-. The largest absolute Gasteiger partial charge is 0.492 e. The van der Waals surface area contributed by atoms with Gasteiger partial charge in [0.05, 0.1) is 18.7 Å². The third kappa shape index (κ3) is 2.76. The molecule has 110 valence electrons. The van der Waals surface area contributed by atoms with Gasteiger partial charge in [0.15, 0.2) is 5.17 Å². The molecule has 22 heavy (non-hydrogen) atoms. The van der Waals surface area contributed by atoms with E-state index < -0.39 is 0 Å². The van der Waals surface area contributed by atoms with E-state index in [2.05, 4.69) is 16.0 Å². The van der Waals surface area contributed by atoms with Crippen molar-refractivity contribution in [2.45, 2.75) is 6.92 Å². The first-order chi connectivity index (χ1) is 10.7. The van der Waals surface area contributed by atoms with Gasteiger partial charge in [-0.2, -0.15) is 5.26 Å². The number of pyridine rings is 1. The SMILES string of the molecule is CCOc1c(C#N)cnc2ccc(/C=C3/CN=C(N)S3)cc12. The Bertz CT molecular complexity index is 836. The van der Waals surface area contributed by atoms with Crippen molar-refractivity contribution in [1.82, 2.24) is 4.98 Å². The number of hydrogen-bond acceptors (Lipinski definition) is 6. The number of thioether (sulfide) groups is 1. The third-order valence-corrected chi connectivity index (χ3v) is 4.05. The van der Waals surface area contributed by atoms with Crippen molar-refractivity contribution in [3.8, 4) is 11.8 Å². The molecule has 1 aliphatic heterocycles. The van der Waals surface area contributed by atoms with Crippen LogP contribution in [0.15, 0.2) is 34.3 Å². The van der Waals surface area contributed by atoms with E-state index in [-0.39, 0.29) is 0 Å². The summed E-state index contributed by atoms with van der Waals surface area (Å²) in [6.45, 7) is 3.01. The maximum atomic E-state index is 9.22. The molecule has 5 nitrogen and oxygen atoms in total. The molecule has 2 heterocycles. The van der Waals surface area contributed by atoms with E-state index in [9.17, 15) is 5.26 Å². The summed E-state index contributed by atoms with van der Waals surface area (Å²) in [5, 5.41) is 10.7. The van der Waals surface area contributed by atoms with Crippen LogP contribution in [0.2, 0.25) is 0 Å². The van der Waals surface area contributed by atoms with Crippen LogP contribution in [0, 0.1) is 11.3 Å². The molecule has 1 aromatic heterocycles. The van der Waals surface area contributed by atoms with Crippen molar-refractivity contribution < 1.29 is 4.74 Å². The second-order valence-corrected chi connectivity index (χ2v) is 5.84. The number of nitrogens with two attached hydrogens (primary N) is 1. The second kappa shape index (κ2) is 6.08. The number of nitriles is 1. The lowest BCUT2D eigenvalue weighted by atomic mass is 10.1. The van der Waals surface area contributed by atoms with E-state index in [1.807, 2.05) is 31.2 Å². The Morgan fingerprint density at radius 1 is 1.50 bits per heavy atom. The van der Waals surface area contributed by atoms with Gasteiger partial charge in [0, 0.05) is 16.5 Å². The summed E-state index contributed by atoms with van der Waals surface area (Å²) in [6.07, 6.45) is 3.59. The minimum Gasteiger partial charge on any atom is -0.492 e. The molecule has 1 aliphatic rings. The highest BCUT2D eigenvalue weighted by Gasteiger charge is 2.12. The molecule has 2 aromatic rings. The molecule has 0 bridgehead atoms. The number of ether oxygens (including phenoxy) is 1. The zero-order chi connectivity index (χ0) is 15.5. The van der Waals surface area contributed by atoms with Gasteiger partial charge in [0.2, 0.25) is 0 Å². The Morgan fingerprint density at radius 2 is 2.36 bits per heavy atom. The van der Waals surface area contributed by atoms with E-state index >= 15 is 0 Å². The van der Waals surface area contributed by atoms with Crippen LogP contribution in [0.25, 0.3) is 17.0 Å². The van der Waals surface area contributed by atoms with Crippen molar-refractivity contribution in [2.75, 3.05) is 13.2 Å². The van der Waals surface area contributed by atoms with Gasteiger partial charge in [0.1, 0.15) is 17.4 Å². The smallest absolute Gasteiger partial charge is 0.158 e. The number of aliphatic imine (C=N–C) groups is 1. The topological polar surface area (TPSA) is 84.3 Å². The highest BCUT2D eigenvalue weighted by Crippen LogP contribution is 2.31. The molecule has 0 saturated carbocycles. The summed E-state index contributed by atoms with van der Waals surface area (Å²) in [5.41, 5.74) is 7.94. The average molecular weight is 310 g/mol. The number of benzene rings is 1. The molecular formula is C16H14N4OS. The fourth-order valence-corrected chi connectivity index (χ4v) is 2.99. The lowest BCUT2D eigenvalue weighted by molar-refractivity contribution is 0.343. The second-order valence-electron chi connectivity index (χ2n) is 4.69. The number of fused-ring (bicyclic) bond motifs is 1. The van der Waals surface area contributed by atoms with Gasteiger partial charge < -0.3 is 10.5 Å². The van der Waals surface area contributed by atoms with Crippen LogP contribution in [-0.2, 0) is 0 Å². The molecule has 0 atom stereocenters. The van der Waals surface area contributed by atoms with Crippen LogP contribution < -0.4 is 10.5 Å². The number of nitrogens with zero attached hydrogens (tertiary/aromatic N) is 3. The summed E-state index contributed by atoms with van der Waals surface area (Å²) in [5.74, 6) is 0.588. The third-order valence-electron chi connectivity index (χ3n) is 3.21.